The third kappa shape index (κ3) is 3.11. The maximum atomic E-state index is 4.27. The highest BCUT2D eigenvalue weighted by atomic mass is 14.8. The zero-order valence-corrected chi connectivity index (χ0v) is 8.70. The van der Waals surface area contributed by atoms with Crippen molar-refractivity contribution in [1.29, 1.82) is 0 Å². The second-order valence-corrected chi connectivity index (χ2v) is 2.91. The molecule has 0 bridgehead atoms. The first-order valence-corrected chi connectivity index (χ1v) is 4.94. The molecule has 14 heavy (non-hydrogen) atoms. The fraction of sp³-hybridized carbons (Fsp3) is 0.455. The minimum absolute atomic E-state index is 0.715. The lowest BCUT2D eigenvalue weighted by atomic mass is 10.2. The molecule has 0 saturated carbocycles. The van der Waals surface area contributed by atoms with Gasteiger partial charge in [-0.05, 0) is 25.5 Å². The Hall–Kier alpha value is -1.47. The molecule has 0 amide bonds. The molecule has 3 nitrogen and oxygen atoms in total. The van der Waals surface area contributed by atoms with E-state index in [0.717, 1.165) is 24.2 Å². The Kier molecular flexibility index (Phi) is 4.59. The van der Waals surface area contributed by atoms with Gasteiger partial charge in [-0.3, -0.25) is 4.98 Å². The van der Waals surface area contributed by atoms with Crippen LogP contribution >= 0.6 is 0 Å². The van der Waals surface area contributed by atoms with Gasteiger partial charge in [0.2, 0.25) is 0 Å². The minimum atomic E-state index is 0.715. The van der Waals surface area contributed by atoms with Crippen molar-refractivity contribution in [2.45, 2.75) is 26.7 Å². The summed E-state index contributed by atoms with van der Waals surface area (Å²) in [4.78, 5) is 12.3. The molecular formula is C11H15N3. The van der Waals surface area contributed by atoms with Gasteiger partial charge in [-0.1, -0.05) is 13.3 Å². The Balaban J connectivity index is 2.89. The van der Waals surface area contributed by atoms with Crippen molar-refractivity contribution in [1.82, 2.24) is 4.98 Å². The molecule has 0 N–H and O–H groups in total. The van der Waals surface area contributed by atoms with Crippen LogP contribution in [0.25, 0.3) is 0 Å². The number of rotatable bonds is 4. The lowest BCUT2D eigenvalue weighted by molar-refractivity contribution is 0.883. The number of hydrogen-bond acceptors (Lipinski definition) is 3. The summed E-state index contributed by atoms with van der Waals surface area (Å²) in [5, 5.41) is 0. The van der Waals surface area contributed by atoms with Crippen molar-refractivity contribution < 1.29 is 0 Å². The van der Waals surface area contributed by atoms with Gasteiger partial charge in [0.1, 0.15) is 0 Å². The van der Waals surface area contributed by atoms with Crippen LogP contribution in [0.2, 0.25) is 0 Å². The molecule has 1 heterocycles. The molecule has 0 aliphatic carbocycles. The maximum absolute atomic E-state index is 4.27. The maximum Gasteiger partial charge on any atom is 0.0961 e. The van der Waals surface area contributed by atoms with E-state index in [-0.39, 0.29) is 0 Å². The summed E-state index contributed by atoms with van der Waals surface area (Å²) in [5.74, 6) is 0. The summed E-state index contributed by atoms with van der Waals surface area (Å²) >= 11 is 0. The number of hydrogen-bond donors (Lipinski definition) is 0. The summed E-state index contributed by atoms with van der Waals surface area (Å²) in [6.07, 6.45) is 3.82. The Bertz CT molecular complexity index is 338. The summed E-state index contributed by atoms with van der Waals surface area (Å²) in [6, 6.07) is 6.48. The largest absolute Gasteiger partial charge is 0.259 e. The quantitative estimate of drug-likeness (QED) is 0.671. The molecule has 0 aromatic carbocycles. The van der Waals surface area contributed by atoms with Gasteiger partial charge in [-0.2, -0.15) is 4.99 Å². The second kappa shape index (κ2) is 6.06. The van der Waals surface area contributed by atoms with E-state index in [0.29, 0.717) is 6.54 Å². The Morgan fingerprint density at radius 3 is 3.00 bits per heavy atom. The molecule has 1 aromatic heterocycles. The SMILES string of the molecule is CCCc1ncccc1N=C=NCC. The number of aliphatic imine (C=N–C) groups is 2. The van der Waals surface area contributed by atoms with Crippen LogP contribution < -0.4 is 0 Å². The summed E-state index contributed by atoms with van der Waals surface area (Å²) in [7, 11) is 0. The first kappa shape index (κ1) is 10.6. The lowest BCUT2D eigenvalue weighted by Crippen LogP contribution is -1.88. The first-order chi connectivity index (χ1) is 6.88. The summed E-state index contributed by atoms with van der Waals surface area (Å²) in [5.41, 5.74) is 1.90. The molecule has 0 atom stereocenters. The smallest absolute Gasteiger partial charge is 0.0961 e. The van der Waals surface area contributed by atoms with Crippen molar-refractivity contribution in [3.8, 4) is 0 Å². The monoisotopic (exact) mass is 189 g/mol. The summed E-state index contributed by atoms with van der Waals surface area (Å²) < 4.78 is 0. The molecule has 0 aliphatic heterocycles. The average Bonchev–Trinajstić information content (AvgIpc) is 2.21. The van der Waals surface area contributed by atoms with E-state index in [2.05, 4.69) is 27.9 Å². The van der Waals surface area contributed by atoms with E-state index < -0.39 is 0 Å². The molecule has 0 radical (unpaired) electrons. The zero-order chi connectivity index (χ0) is 10.2. The molecule has 0 aliphatic rings. The molecule has 0 spiro atoms. The number of aryl methyl sites for hydroxylation is 1. The molecular weight excluding hydrogens is 174 g/mol. The van der Waals surface area contributed by atoms with E-state index in [4.69, 9.17) is 0 Å². The van der Waals surface area contributed by atoms with Crippen molar-refractivity contribution in [2.75, 3.05) is 6.54 Å². The van der Waals surface area contributed by atoms with E-state index in [1.54, 1.807) is 6.20 Å². The van der Waals surface area contributed by atoms with Gasteiger partial charge in [0, 0.05) is 12.7 Å². The van der Waals surface area contributed by atoms with Crippen LogP contribution in [0.15, 0.2) is 28.3 Å². The highest BCUT2D eigenvalue weighted by Gasteiger charge is 1.98. The van der Waals surface area contributed by atoms with E-state index in [9.17, 15) is 0 Å². The molecule has 74 valence electrons. The van der Waals surface area contributed by atoms with Crippen LogP contribution in [0, 0.1) is 0 Å². The molecule has 1 rings (SSSR count). The van der Waals surface area contributed by atoms with Gasteiger partial charge >= 0.3 is 0 Å². The van der Waals surface area contributed by atoms with Crippen molar-refractivity contribution in [3.05, 3.63) is 24.0 Å². The Morgan fingerprint density at radius 1 is 1.43 bits per heavy atom. The van der Waals surface area contributed by atoms with Gasteiger partial charge in [-0.15, -0.1) is 0 Å². The third-order valence-electron chi connectivity index (χ3n) is 1.75. The van der Waals surface area contributed by atoms with Gasteiger partial charge in [0.25, 0.3) is 0 Å². The predicted octanol–water partition coefficient (Wildman–Crippen LogP) is 2.86. The molecule has 1 aromatic rings. The van der Waals surface area contributed by atoms with Crippen LogP contribution in [0.1, 0.15) is 26.0 Å². The first-order valence-electron chi connectivity index (χ1n) is 4.94. The molecule has 0 fully saturated rings. The topological polar surface area (TPSA) is 37.6 Å². The molecule has 3 heteroatoms. The molecule has 0 unspecified atom stereocenters. The fourth-order valence-electron chi connectivity index (χ4n) is 1.12. The lowest BCUT2D eigenvalue weighted by Gasteiger charge is -1.99. The highest BCUT2D eigenvalue weighted by Crippen LogP contribution is 2.16. The predicted molar refractivity (Wildman–Crippen MR) is 58.3 cm³/mol. The fourth-order valence-corrected chi connectivity index (χ4v) is 1.12. The van der Waals surface area contributed by atoms with E-state index in [1.165, 1.54) is 0 Å². The normalized spacial score (nSPS) is 9.29. The van der Waals surface area contributed by atoms with Gasteiger partial charge in [-0.25, -0.2) is 4.99 Å². The van der Waals surface area contributed by atoms with Crippen molar-refractivity contribution in [3.63, 3.8) is 0 Å². The van der Waals surface area contributed by atoms with Crippen LogP contribution in [0.4, 0.5) is 5.69 Å². The second-order valence-electron chi connectivity index (χ2n) is 2.91. The minimum Gasteiger partial charge on any atom is -0.259 e. The van der Waals surface area contributed by atoms with Crippen LogP contribution in [-0.4, -0.2) is 17.5 Å². The van der Waals surface area contributed by atoms with Crippen LogP contribution in [0.3, 0.4) is 0 Å². The Labute approximate surface area is 84.6 Å². The average molecular weight is 189 g/mol. The van der Waals surface area contributed by atoms with E-state index >= 15 is 0 Å². The number of aromatic nitrogens is 1. The zero-order valence-electron chi connectivity index (χ0n) is 8.70. The number of pyridine rings is 1. The number of nitrogens with zero attached hydrogens (tertiary/aromatic N) is 3. The summed E-state index contributed by atoms with van der Waals surface area (Å²) in [6.45, 7) is 4.80. The van der Waals surface area contributed by atoms with Gasteiger partial charge < -0.3 is 0 Å². The van der Waals surface area contributed by atoms with Gasteiger partial charge in [0.05, 0.1) is 17.4 Å². The highest BCUT2D eigenvalue weighted by molar-refractivity contribution is 5.54. The van der Waals surface area contributed by atoms with Crippen LogP contribution in [-0.2, 0) is 6.42 Å². The van der Waals surface area contributed by atoms with Gasteiger partial charge in [0.15, 0.2) is 0 Å². The molecule has 0 saturated heterocycles. The Morgan fingerprint density at radius 2 is 2.29 bits per heavy atom. The van der Waals surface area contributed by atoms with Crippen molar-refractivity contribution >= 4 is 11.7 Å². The standard InChI is InChI=1S/C11H15N3/c1-3-6-10-11(7-5-8-13-10)14-9-12-4-2/h5,7-8H,3-4,6H2,1-2H3. The van der Waals surface area contributed by atoms with Crippen LogP contribution in [0.5, 0.6) is 0 Å². The van der Waals surface area contributed by atoms with E-state index in [1.807, 2.05) is 19.1 Å². The van der Waals surface area contributed by atoms with Crippen molar-refractivity contribution in [2.24, 2.45) is 9.98 Å². The third-order valence-corrected chi connectivity index (χ3v) is 1.75.